The van der Waals surface area contributed by atoms with Gasteiger partial charge in [-0.3, -0.25) is 0 Å². The lowest BCUT2D eigenvalue weighted by Crippen LogP contribution is -2.44. The van der Waals surface area contributed by atoms with Gasteiger partial charge in [0, 0.05) is 19.7 Å². The van der Waals surface area contributed by atoms with E-state index in [0.717, 1.165) is 17.6 Å². The van der Waals surface area contributed by atoms with Crippen molar-refractivity contribution < 1.29 is 4.74 Å². The molecule has 4 heteroatoms. The third-order valence-electron chi connectivity index (χ3n) is 3.47. The SMILES string of the molecule is CCCC1CCC(NC(=S)NCCOC)CC1. The predicted molar refractivity (Wildman–Crippen MR) is 76.3 cm³/mol. The molecule has 0 saturated heterocycles. The Morgan fingerprint density at radius 3 is 2.59 bits per heavy atom. The molecule has 0 radical (unpaired) electrons. The van der Waals surface area contributed by atoms with Gasteiger partial charge in [-0.15, -0.1) is 0 Å². The van der Waals surface area contributed by atoms with Crippen LogP contribution < -0.4 is 10.6 Å². The molecule has 1 aliphatic rings. The standard InChI is InChI=1S/C13H26N2OS/c1-3-4-11-5-7-12(8-6-11)15-13(17)14-9-10-16-2/h11-12H,3-10H2,1-2H3,(H2,14,15,17). The zero-order valence-corrected chi connectivity index (χ0v) is 11.9. The van der Waals surface area contributed by atoms with E-state index >= 15 is 0 Å². The molecule has 0 bridgehead atoms. The Morgan fingerprint density at radius 1 is 1.29 bits per heavy atom. The molecule has 0 unspecified atom stereocenters. The van der Waals surface area contributed by atoms with E-state index in [4.69, 9.17) is 17.0 Å². The van der Waals surface area contributed by atoms with Gasteiger partial charge in [-0.05, 0) is 43.8 Å². The maximum absolute atomic E-state index is 5.25. The van der Waals surface area contributed by atoms with Crippen molar-refractivity contribution in [1.82, 2.24) is 10.6 Å². The molecule has 2 N–H and O–H groups in total. The molecule has 1 fully saturated rings. The lowest BCUT2D eigenvalue weighted by atomic mass is 9.83. The van der Waals surface area contributed by atoms with Gasteiger partial charge in [0.05, 0.1) is 6.61 Å². The summed E-state index contributed by atoms with van der Waals surface area (Å²) in [4.78, 5) is 0. The van der Waals surface area contributed by atoms with Crippen molar-refractivity contribution in [2.24, 2.45) is 5.92 Å². The van der Waals surface area contributed by atoms with Gasteiger partial charge in [0.15, 0.2) is 5.11 Å². The minimum atomic E-state index is 0.575. The second-order valence-corrected chi connectivity index (χ2v) is 5.31. The molecule has 1 aliphatic carbocycles. The summed E-state index contributed by atoms with van der Waals surface area (Å²) in [5.41, 5.74) is 0. The van der Waals surface area contributed by atoms with Crippen LogP contribution in [0.5, 0.6) is 0 Å². The van der Waals surface area contributed by atoms with Gasteiger partial charge < -0.3 is 15.4 Å². The van der Waals surface area contributed by atoms with Crippen LogP contribution in [0.4, 0.5) is 0 Å². The Morgan fingerprint density at radius 2 is 2.00 bits per heavy atom. The molecule has 0 heterocycles. The topological polar surface area (TPSA) is 33.3 Å². The molecule has 0 aromatic heterocycles. The van der Waals surface area contributed by atoms with Gasteiger partial charge in [-0.1, -0.05) is 19.8 Å². The van der Waals surface area contributed by atoms with Crippen LogP contribution in [0.15, 0.2) is 0 Å². The molecule has 0 aliphatic heterocycles. The number of rotatable bonds is 6. The average Bonchev–Trinajstić information content (AvgIpc) is 2.32. The first-order chi connectivity index (χ1) is 8.26. The van der Waals surface area contributed by atoms with Crippen LogP contribution >= 0.6 is 12.2 Å². The Hall–Kier alpha value is -0.350. The highest BCUT2D eigenvalue weighted by molar-refractivity contribution is 7.80. The fourth-order valence-corrected chi connectivity index (χ4v) is 2.78. The van der Waals surface area contributed by atoms with E-state index in [0.29, 0.717) is 12.6 Å². The molecule has 0 amide bonds. The summed E-state index contributed by atoms with van der Waals surface area (Å²) in [6.07, 6.45) is 7.94. The van der Waals surface area contributed by atoms with E-state index in [1.807, 2.05) is 0 Å². The predicted octanol–water partition coefficient (Wildman–Crippen LogP) is 2.46. The summed E-state index contributed by atoms with van der Waals surface area (Å²) in [6, 6.07) is 0.575. The first-order valence-corrected chi connectivity index (χ1v) is 7.20. The van der Waals surface area contributed by atoms with Crippen LogP contribution in [0.1, 0.15) is 45.4 Å². The largest absolute Gasteiger partial charge is 0.383 e. The Bertz CT molecular complexity index is 215. The quantitative estimate of drug-likeness (QED) is 0.566. The molecule has 0 spiro atoms. The molecular formula is C13H26N2OS. The summed E-state index contributed by atoms with van der Waals surface area (Å²) in [5, 5.41) is 7.35. The fourth-order valence-electron chi connectivity index (χ4n) is 2.51. The molecular weight excluding hydrogens is 232 g/mol. The van der Waals surface area contributed by atoms with Crippen LogP contribution in [-0.4, -0.2) is 31.4 Å². The normalized spacial score (nSPS) is 24.4. The van der Waals surface area contributed by atoms with Crippen LogP contribution in [0.2, 0.25) is 0 Å². The summed E-state index contributed by atoms with van der Waals surface area (Å²) >= 11 is 5.25. The minimum absolute atomic E-state index is 0.575. The fraction of sp³-hybridized carbons (Fsp3) is 0.923. The lowest BCUT2D eigenvalue weighted by molar-refractivity contribution is 0.203. The molecule has 0 aromatic rings. The van der Waals surface area contributed by atoms with Gasteiger partial charge in [-0.25, -0.2) is 0 Å². The van der Waals surface area contributed by atoms with E-state index in [2.05, 4.69) is 17.6 Å². The van der Waals surface area contributed by atoms with Crippen molar-refractivity contribution in [2.75, 3.05) is 20.3 Å². The maximum Gasteiger partial charge on any atom is 0.166 e. The van der Waals surface area contributed by atoms with E-state index < -0.39 is 0 Å². The molecule has 100 valence electrons. The van der Waals surface area contributed by atoms with E-state index in [9.17, 15) is 0 Å². The van der Waals surface area contributed by atoms with Crippen molar-refractivity contribution in [1.29, 1.82) is 0 Å². The molecule has 0 aromatic carbocycles. The van der Waals surface area contributed by atoms with Gasteiger partial charge in [0.25, 0.3) is 0 Å². The molecule has 1 saturated carbocycles. The number of hydrogen-bond donors (Lipinski definition) is 2. The third-order valence-corrected chi connectivity index (χ3v) is 3.73. The van der Waals surface area contributed by atoms with E-state index in [-0.39, 0.29) is 0 Å². The van der Waals surface area contributed by atoms with Crippen molar-refractivity contribution in [3.63, 3.8) is 0 Å². The zero-order chi connectivity index (χ0) is 12.5. The first-order valence-electron chi connectivity index (χ1n) is 6.79. The smallest absolute Gasteiger partial charge is 0.166 e. The van der Waals surface area contributed by atoms with Crippen LogP contribution in [0.3, 0.4) is 0 Å². The summed E-state index contributed by atoms with van der Waals surface area (Å²) < 4.78 is 4.97. The second kappa shape index (κ2) is 8.70. The van der Waals surface area contributed by atoms with Gasteiger partial charge in [0.2, 0.25) is 0 Å². The van der Waals surface area contributed by atoms with Crippen molar-refractivity contribution >= 4 is 17.3 Å². The number of nitrogens with one attached hydrogen (secondary N) is 2. The average molecular weight is 258 g/mol. The van der Waals surface area contributed by atoms with Crippen LogP contribution in [-0.2, 0) is 4.74 Å². The van der Waals surface area contributed by atoms with Gasteiger partial charge >= 0.3 is 0 Å². The Balaban J connectivity index is 2.10. The zero-order valence-electron chi connectivity index (χ0n) is 11.1. The molecule has 17 heavy (non-hydrogen) atoms. The first kappa shape index (κ1) is 14.7. The van der Waals surface area contributed by atoms with Gasteiger partial charge in [-0.2, -0.15) is 0 Å². The molecule has 0 atom stereocenters. The summed E-state index contributed by atoms with van der Waals surface area (Å²) in [7, 11) is 1.70. The summed E-state index contributed by atoms with van der Waals surface area (Å²) in [6.45, 7) is 3.76. The number of methoxy groups -OCH3 is 1. The minimum Gasteiger partial charge on any atom is -0.383 e. The van der Waals surface area contributed by atoms with Crippen LogP contribution in [0, 0.1) is 5.92 Å². The highest BCUT2D eigenvalue weighted by Gasteiger charge is 2.20. The Kier molecular flexibility index (Phi) is 7.53. The second-order valence-electron chi connectivity index (χ2n) is 4.90. The maximum atomic E-state index is 5.25. The highest BCUT2D eigenvalue weighted by Crippen LogP contribution is 2.27. The van der Waals surface area contributed by atoms with Gasteiger partial charge in [0.1, 0.15) is 0 Å². The van der Waals surface area contributed by atoms with Crippen LogP contribution in [0.25, 0.3) is 0 Å². The van der Waals surface area contributed by atoms with E-state index in [1.165, 1.54) is 38.5 Å². The summed E-state index contributed by atoms with van der Waals surface area (Å²) in [5.74, 6) is 0.952. The van der Waals surface area contributed by atoms with E-state index in [1.54, 1.807) is 7.11 Å². The lowest BCUT2D eigenvalue weighted by Gasteiger charge is -2.29. The Labute approximate surface area is 111 Å². The third kappa shape index (κ3) is 6.22. The van der Waals surface area contributed by atoms with Crippen molar-refractivity contribution in [2.45, 2.75) is 51.5 Å². The number of hydrogen-bond acceptors (Lipinski definition) is 2. The number of thiocarbonyl (C=S) groups is 1. The highest BCUT2D eigenvalue weighted by atomic mass is 32.1. The van der Waals surface area contributed by atoms with Crippen molar-refractivity contribution in [3.8, 4) is 0 Å². The molecule has 3 nitrogen and oxygen atoms in total. The monoisotopic (exact) mass is 258 g/mol. The van der Waals surface area contributed by atoms with Crippen molar-refractivity contribution in [3.05, 3.63) is 0 Å². The molecule has 1 rings (SSSR count). The number of ether oxygens (including phenoxy) is 1.